The second kappa shape index (κ2) is 6.55. The molecule has 0 spiro atoms. The largest absolute Gasteiger partial charge is 0.347 e. The molecule has 2 rings (SSSR count). The summed E-state index contributed by atoms with van der Waals surface area (Å²) in [5.74, 6) is 0.144. The molecule has 0 saturated carbocycles. The molecule has 1 aliphatic rings. The van der Waals surface area contributed by atoms with Crippen molar-refractivity contribution in [1.82, 2.24) is 10.2 Å². The Balaban J connectivity index is 2.11. The molecule has 20 heavy (non-hydrogen) atoms. The summed E-state index contributed by atoms with van der Waals surface area (Å²) >= 11 is 0. The summed E-state index contributed by atoms with van der Waals surface area (Å²) in [5.41, 5.74) is 1.04. The number of hydrogen-bond donors (Lipinski definition) is 1. The van der Waals surface area contributed by atoms with Crippen molar-refractivity contribution in [2.75, 3.05) is 13.1 Å². The summed E-state index contributed by atoms with van der Waals surface area (Å²) in [6.45, 7) is 5.10. The van der Waals surface area contributed by atoms with Crippen molar-refractivity contribution >= 4 is 11.8 Å². The summed E-state index contributed by atoms with van der Waals surface area (Å²) in [7, 11) is 0. The lowest BCUT2D eigenvalue weighted by atomic mass is 10.1. The molecule has 4 nitrogen and oxygen atoms in total. The predicted octanol–water partition coefficient (Wildman–Crippen LogP) is 2.12. The molecule has 0 bridgehead atoms. The highest BCUT2D eigenvalue weighted by molar-refractivity contribution is 5.79. The summed E-state index contributed by atoms with van der Waals surface area (Å²) in [5, 5.41) is 3.05. The summed E-state index contributed by atoms with van der Waals surface area (Å²) in [6.07, 6.45) is 1.54. The highest BCUT2D eigenvalue weighted by atomic mass is 16.2. The molecule has 0 radical (unpaired) electrons. The molecule has 1 unspecified atom stereocenters. The van der Waals surface area contributed by atoms with Crippen LogP contribution in [0.15, 0.2) is 30.3 Å². The minimum absolute atomic E-state index is 0.0190. The van der Waals surface area contributed by atoms with Gasteiger partial charge in [0.2, 0.25) is 11.8 Å². The van der Waals surface area contributed by atoms with E-state index < -0.39 is 0 Å². The fraction of sp³-hybridized carbons (Fsp3) is 0.500. The number of carbonyl (C=O) groups is 2. The van der Waals surface area contributed by atoms with Crippen molar-refractivity contribution in [2.45, 2.75) is 32.7 Å². The minimum atomic E-state index is -0.131. The number of carbonyl (C=O) groups excluding carboxylic acids is 2. The molecule has 1 heterocycles. The number of nitrogens with zero attached hydrogens (tertiary/aromatic N) is 1. The smallest absolute Gasteiger partial charge is 0.223 e. The Morgan fingerprint density at radius 2 is 2.00 bits per heavy atom. The van der Waals surface area contributed by atoms with Crippen LogP contribution in [-0.2, 0) is 9.59 Å². The lowest BCUT2D eigenvalue weighted by Crippen LogP contribution is -2.40. The fourth-order valence-electron chi connectivity index (χ4n) is 2.38. The van der Waals surface area contributed by atoms with Gasteiger partial charge in [-0.2, -0.15) is 0 Å². The van der Waals surface area contributed by atoms with Crippen molar-refractivity contribution < 1.29 is 9.59 Å². The topological polar surface area (TPSA) is 49.4 Å². The maximum absolute atomic E-state index is 12.0. The van der Waals surface area contributed by atoms with Crippen LogP contribution in [0, 0.1) is 5.92 Å². The first kappa shape index (κ1) is 14.6. The number of amides is 2. The minimum Gasteiger partial charge on any atom is -0.347 e. The molecule has 4 heteroatoms. The fourth-order valence-corrected chi connectivity index (χ4v) is 2.38. The molecular formula is C16H22N2O2. The van der Waals surface area contributed by atoms with E-state index in [1.165, 1.54) is 0 Å². The second-order valence-corrected chi connectivity index (χ2v) is 5.57. The Bertz CT molecular complexity index is 471. The van der Waals surface area contributed by atoms with Crippen LogP contribution in [-0.4, -0.2) is 29.8 Å². The Hall–Kier alpha value is -1.84. The van der Waals surface area contributed by atoms with Crippen LogP contribution >= 0.6 is 0 Å². The van der Waals surface area contributed by atoms with Gasteiger partial charge in [-0.05, 0) is 12.0 Å². The van der Waals surface area contributed by atoms with Crippen LogP contribution in [0.25, 0.3) is 0 Å². The molecule has 0 aromatic heterocycles. The van der Waals surface area contributed by atoms with Crippen LogP contribution < -0.4 is 5.32 Å². The van der Waals surface area contributed by atoms with E-state index in [-0.39, 0.29) is 23.8 Å². The van der Waals surface area contributed by atoms with Crippen LogP contribution in [0.4, 0.5) is 0 Å². The highest BCUT2D eigenvalue weighted by Crippen LogP contribution is 2.19. The van der Waals surface area contributed by atoms with E-state index >= 15 is 0 Å². The average molecular weight is 274 g/mol. The quantitative estimate of drug-likeness (QED) is 0.894. The van der Waals surface area contributed by atoms with Gasteiger partial charge in [0, 0.05) is 25.4 Å². The normalized spacial score (nSPS) is 16.6. The van der Waals surface area contributed by atoms with Gasteiger partial charge in [0.25, 0.3) is 0 Å². The van der Waals surface area contributed by atoms with Crippen molar-refractivity contribution in [1.29, 1.82) is 0 Å². The van der Waals surface area contributed by atoms with Gasteiger partial charge in [0.1, 0.15) is 0 Å². The van der Waals surface area contributed by atoms with E-state index in [4.69, 9.17) is 0 Å². The summed E-state index contributed by atoms with van der Waals surface area (Å²) in [6, 6.07) is 9.71. The molecule has 1 aromatic carbocycles. The predicted molar refractivity (Wildman–Crippen MR) is 78.0 cm³/mol. The molecule has 1 aromatic rings. The molecule has 1 aliphatic heterocycles. The molecule has 0 aliphatic carbocycles. The van der Waals surface area contributed by atoms with E-state index in [1.807, 2.05) is 49.1 Å². The van der Waals surface area contributed by atoms with Crippen molar-refractivity contribution in [3.8, 4) is 0 Å². The van der Waals surface area contributed by atoms with Gasteiger partial charge in [-0.25, -0.2) is 0 Å². The third kappa shape index (κ3) is 3.59. The van der Waals surface area contributed by atoms with Gasteiger partial charge >= 0.3 is 0 Å². The van der Waals surface area contributed by atoms with Crippen molar-refractivity contribution in [3.05, 3.63) is 35.9 Å². The Kier molecular flexibility index (Phi) is 4.77. The zero-order valence-electron chi connectivity index (χ0n) is 12.1. The van der Waals surface area contributed by atoms with Crippen molar-refractivity contribution in [3.63, 3.8) is 0 Å². The zero-order chi connectivity index (χ0) is 14.5. The third-order valence-corrected chi connectivity index (χ3v) is 3.62. The maximum atomic E-state index is 12.0. The van der Waals surface area contributed by atoms with Gasteiger partial charge in [-0.15, -0.1) is 0 Å². The molecule has 1 atom stereocenters. The molecule has 1 saturated heterocycles. The first-order valence-corrected chi connectivity index (χ1v) is 7.21. The van der Waals surface area contributed by atoms with E-state index in [9.17, 15) is 9.59 Å². The lowest BCUT2D eigenvalue weighted by Gasteiger charge is -2.26. The second-order valence-electron chi connectivity index (χ2n) is 5.57. The molecular weight excluding hydrogens is 252 g/mol. The Morgan fingerprint density at radius 3 is 2.55 bits per heavy atom. The average Bonchev–Trinajstić information content (AvgIpc) is 2.84. The zero-order valence-corrected chi connectivity index (χ0v) is 12.1. The Labute approximate surface area is 120 Å². The van der Waals surface area contributed by atoms with Gasteiger partial charge < -0.3 is 10.2 Å². The monoisotopic (exact) mass is 274 g/mol. The standard InChI is InChI=1S/C16H22N2O2/c1-12(2)16(20)17-14(13-7-4-3-5-8-13)11-18-10-6-9-15(18)19/h3-5,7-8,12,14H,6,9-11H2,1-2H3,(H,17,20). The summed E-state index contributed by atoms with van der Waals surface area (Å²) < 4.78 is 0. The van der Waals surface area contributed by atoms with Crippen LogP contribution in [0.5, 0.6) is 0 Å². The first-order valence-electron chi connectivity index (χ1n) is 7.21. The van der Waals surface area contributed by atoms with E-state index in [0.717, 1.165) is 18.5 Å². The number of benzene rings is 1. The first-order chi connectivity index (χ1) is 9.58. The number of nitrogens with one attached hydrogen (secondary N) is 1. The van der Waals surface area contributed by atoms with E-state index in [1.54, 1.807) is 0 Å². The third-order valence-electron chi connectivity index (χ3n) is 3.62. The van der Waals surface area contributed by atoms with Crippen LogP contribution in [0.1, 0.15) is 38.3 Å². The van der Waals surface area contributed by atoms with Gasteiger partial charge in [-0.3, -0.25) is 9.59 Å². The van der Waals surface area contributed by atoms with E-state index in [0.29, 0.717) is 13.0 Å². The SMILES string of the molecule is CC(C)C(=O)NC(CN1CCCC1=O)c1ccccc1. The van der Waals surface area contributed by atoms with Crippen LogP contribution in [0.3, 0.4) is 0 Å². The lowest BCUT2D eigenvalue weighted by molar-refractivity contribution is -0.129. The summed E-state index contributed by atoms with van der Waals surface area (Å²) in [4.78, 5) is 25.6. The number of hydrogen-bond acceptors (Lipinski definition) is 2. The molecule has 1 N–H and O–H groups in total. The van der Waals surface area contributed by atoms with E-state index in [2.05, 4.69) is 5.32 Å². The molecule has 1 fully saturated rings. The Morgan fingerprint density at radius 1 is 1.30 bits per heavy atom. The molecule has 108 valence electrons. The van der Waals surface area contributed by atoms with Gasteiger partial charge in [-0.1, -0.05) is 44.2 Å². The van der Waals surface area contributed by atoms with Crippen molar-refractivity contribution in [2.24, 2.45) is 5.92 Å². The number of likely N-dealkylation sites (tertiary alicyclic amines) is 1. The van der Waals surface area contributed by atoms with Gasteiger partial charge in [0.15, 0.2) is 0 Å². The maximum Gasteiger partial charge on any atom is 0.223 e. The van der Waals surface area contributed by atoms with Gasteiger partial charge in [0.05, 0.1) is 6.04 Å². The molecule has 2 amide bonds. The van der Waals surface area contributed by atoms with Crippen LogP contribution in [0.2, 0.25) is 0 Å². The highest BCUT2D eigenvalue weighted by Gasteiger charge is 2.25. The number of rotatable bonds is 5.